The van der Waals surface area contributed by atoms with Crippen molar-refractivity contribution in [3.8, 4) is 5.75 Å². The van der Waals surface area contributed by atoms with Gasteiger partial charge >= 0.3 is 0 Å². The molecule has 23 heavy (non-hydrogen) atoms. The first-order chi connectivity index (χ1) is 11.0. The van der Waals surface area contributed by atoms with Crippen LogP contribution < -0.4 is 14.8 Å². The predicted molar refractivity (Wildman–Crippen MR) is 91.5 cm³/mol. The molecule has 2 rings (SSSR count). The van der Waals surface area contributed by atoms with Gasteiger partial charge < -0.3 is 14.9 Å². The monoisotopic (exact) mass is 316 g/mol. The van der Waals surface area contributed by atoms with E-state index < -0.39 is 0 Å². The van der Waals surface area contributed by atoms with Crippen LogP contribution in [0.15, 0.2) is 36.4 Å². The highest BCUT2D eigenvalue weighted by molar-refractivity contribution is 5.34. The van der Waals surface area contributed by atoms with Crippen molar-refractivity contribution < 1.29 is 19.9 Å². The average molecular weight is 316 g/mol. The number of quaternary nitrogens is 2. The summed E-state index contributed by atoms with van der Waals surface area (Å²) < 4.78 is 0. The van der Waals surface area contributed by atoms with Crippen LogP contribution in [0.1, 0.15) is 22.5 Å². The molecular weight excluding hydrogens is 286 g/mol. The third-order valence-corrected chi connectivity index (χ3v) is 3.84. The first-order valence-corrected chi connectivity index (χ1v) is 8.33. The highest BCUT2D eigenvalue weighted by atomic mass is 16.3. The van der Waals surface area contributed by atoms with E-state index in [2.05, 4.69) is 63.5 Å². The molecule has 2 aromatic rings. The van der Waals surface area contributed by atoms with Crippen molar-refractivity contribution in [2.45, 2.75) is 25.9 Å². The highest BCUT2D eigenvalue weighted by Crippen LogP contribution is 2.20. The first kappa shape index (κ1) is 17.4. The SMILES string of the molecule is C[NH+](C)Cc1cc(C[NH+](C)C)c(O)c(CCc2ccccc2)[nH+]1. The van der Waals surface area contributed by atoms with Gasteiger partial charge in [-0.15, -0.1) is 0 Å². The lowest BCUT2D eigenvalue weighted by molar-refractivity contribution is -0.877. The quantitative estimate of drug-likeness (QED) is 0.620. The molecule has 0 bridgehead atoms. The van der Waals surface area contributed by atoms with Crippen molar-refractivity contribution in [1.29, 1.82) is 0 Å². The Kier molecular flexibility index (Phi) is 6.13. The summed E-state index contributed by atoms with van der Waals surface area (Å²) in [6, 6.07) is 12.5. The minimum absolute atomic E-state index is 0.430. The summed E-state index contributed by atoms with van der Waals surface area (Å²) in [5.41, 5.74) is 4.46. The number of nitrogens with one attached hydrogen (secondary N) is 3. The average Bonchev–Trinajstić information content (AvgIpc) is 2.49. The molecule has 4 heteroatoms. The molecule has 0 spiro atoms. The van der Waals surface area contributed by atoms with Crippen LogP contribution in [-0.2, 0) is 25.9 Å². The van der Waals surface area contributed by atoms with Crippen LogP contribution in [0.5, 0.6) is 5.75 Å². The zero-order chi connectivity index (χ0) is 16.8. The largest absolute Gasteiger partial charge is 0.502 e. The summed E-state index contributed by atoms with van der Waals surface area (Å²) in [6.07, 6.45) is 1.75. The number of aromatic nitrogens is 1. The van der Waals surface area contributed by atoms with E-state index in [0.29, 0.717) is 5.75 Å². The molecule has 0 saturated carbocycles. The lowest BCUT2D eigenvalue weighted by Gasteiger charge is -2.11. The molecule has 0 aliphatic carbocycles. The summed E-state index contributed by atoms with van der Waals surface area (Å²) in [6.45, 7) is 1.75. The highest BCUT2D eigenvalue weighted by Gasteiger charge is 2.20. The molecule has 0 saturated heterocycles. The van der Waals surface area contributed by atoms with Gasteiger partial charge in [0.2, 0.25) is 11.4 Å². The zero-order valence-corrected chi connectivity index (χ0v) is 14.7. The van der Waals surface area contributed by atoms with Gasteiger partial charge in [0, 0.05) is 12.5 Å². The number of benzene rings is 1. The van der Waals surface area contributed by atoms with E-state index in [1.54, 1.807) is 0 Å². The van der Waals surface area contributed by atoms with Crippen LogP contribution in [0.3, 0.4) is 0 Å². The van der Waals surface area contributed by atoms with Gasteiger partial charge in [0.05, 0.1) is 33.8 Å². The number of aromatic hydroxyl groups is 1. The third-order valence-electron chi connectivity index (χ3n) is 3.84. The predicted octanol–water partition coefficient (Wildman–Crippen LogP) is -0.719. The molecule has 0 unspecified atom stereocenters. The Morgan fingerprint density at radius 3 is 2.17 bits per heavy atom. The summed E-state index contributed by atoms with van der Waals surface area (Å²) >= 11 is 0. The first-order valence-electron chi connectivity index (χ1n) is 8.33. The van der Waals surface area contributed by atoms with Gasteiger partial charge in [0.15, 0.2) is 12.3 Å². The Bertz CT molecular complexity index is 624. The van der Waals surface area contributed by atoms with E-state index in [9.17, 15) is 5.11 Å². The molecule has 1 aromatic heterocycles. The van der Waals surface area contributed by atoms with Gasteiger partial charge in [-0.25, -0.2) is 4.98 Å². The second-order valence-corrected chi connectivity index (χ2v) is 6.90. The fraction of sp³-hybridized carbons (Fsp3) is 0.421. The fourth-order valence-corrected chi connectivity index (χ4v) is 2.85. The Labute approximate surface area is 139 Å². The molecule has 0 fully saturated rings. The molecule has 4 N–H and O–H groups in total. The molecule has 0 radical (unpaired) electrons. The molecule has 1 aromatic carbocycles. The van der Waals surface area contributed by atoms with Crippen molar-refractivity contribution in [1.82, 2.24) is 0 Å². The van der Waals surface area contributed by atoms with Crippen molar-refractivity contribution in [2.24, 2.45) is 0 Å². The van der Waals surface area contributed by atoms with Crippen LogP contribution in [0.4, 0.5) is 0 Å². The summed E-state index contributed by atoms with van der Waals surface area (Å²) in [4.78, 5) is 6.12. The van der Waals surface area contributed by atoms with Gasteiger partial charge in [-0.2, -0.15) is 0 Å². The van der Waals surface area contributed by atoms with Crippen LogP contribution in [0.25, 0.3) is 0 Å². The third kappa shape index (κ3) is 5.34. The number of hydrogen-bond donors (Lipinski definition) is 3. The number of pyridine rings is 1. The van der Waals surface area contributed by atoms with Crippen LogP contribution in [0.2, 0.25) is 0 Å². The van der Waals surface area contributed by atoms with E-state index in [4.69, 9.17) is 0 Å². The van der Waals surface area contributed by atoms with Crippen molar-refractivity contribution in [3.05, 3.63) is 58.9 Å². The van der Waals surface area contributed by atoms with Gasteiger partial charge in [-0.05, 0) is 12.0 Å². The maximum Gasteiger partial charge on any atom is 0.235 e. The van der Waals surface area contributed by atoms with Gasteiger partial charge in [0.25, 0.3) is 0 Å². The fourth-order valence-electron chi connectivity index (χ4n) is 2.85. The molecule has 0 atom stereocenters. The zero-order valence-electron chi connectivity index (χ0n) is 14.7. The van der Waals surface area contributed by atoms with E-state index in [1.807, 2.05) is 6.07 Å². The normalized spacial score (nSPS) is 11.4. The lowest BCUT2D eigenvalue weighted by atomic mass is 10.0. The Hall–Kier alpha value is -1.91. The summed E-state index contributed by atoms with van der Waals surface area (Å²) in [7, 11) is 8.50. The molecule has 4 nitrogen and oxygen atoms in total. The number of aryl methyl sites for hydroxylation is 2. The number of aromatic amines is 1. The number of rotatable bonds is 7. The van der Waals surface area contributed by atoms with Crippen molar-refractivity contribution in [2.75, 3.05) is 28.2 Å². The Morgan fingerprint density at radius 2 is 1.57 bits per heavy atom. The van der Waals surface area contributed by atoms with Crippen LogP contribution in [0, 0.1) is 0 Å². The Balaban J connectivity index is 2.24. The molecule has 1 heterocycles. The maximum absolute atomic E-state index is 10.6. The minimum atomic E-state index is 0.430. The molecule has 0 aliphatic heterocycles. The second kappa shape index (κ2) is 8.09. The van der Waals surface area contributed by atoms with Gasteiger partial charge in [0.1, 0.15) is 6.54 Å². The molecule has 124 valence electrons. The minimum Gasteiger partial charge on any atom is -0.502 e. The topological polar surface area (TPSA) is 43.2 Å². The van der Waals surface area contributed by atoms with Crippen molar-refractivity contribution >= 4 is 0 Å². The lowest BCUT2D eigenvalue weighted by Crippen LogP contribution is -3.04. The molecule has 0 amide bonds. The second-order valence-electron chi connectivity index (χ2n) is 6.90. The van der Waals surface area contributed by atoms with E-state index >= 15 is 0 Å². The molecular formula is C19H30N3O+3. The van der Waals surface area contributed by atoms with E-state index in [0.717, 1.165) is 37.2 Å². The van der Waals surface area contributed by atoms with Crippen LogP contribution in [-0.4, -0.2) is 33.3 Å². The van der Waals surface area contributed by atoms with Crippen molar-refractivity contribution in [3.63, 3.8) is 0 Å². The van der Waals surface area contributed by atoms with Gasteiger partial charge in [-0.1, -0.05) is 30.3 Å². The summed E-state index contributed by atoms with van der Waals surface area (Å²) in [5, 5.41) is 10.6. The number of H-pyrrole nitrogens is 1. The van der Waals surface area contributed by atoms with Crippen LogP contribution >= 0.6 is 0 Å². The van der Waals surface area contributed by atoms with E-state index in [1.165, 1.54) is 21.1 Å². The Morgan fingerprint density at radius 1 is 0.913 bits per heavy atom. The standard InChI is InChI=1S/C19H27N3O/c1-21(2)13-16-12-17(14-22(3)4)20-18(19(16)23)11-10-15-8-6-5-7-9-15/h5-9,12,23H,10-11,13-14H2,1-4H3/p+3. The molecule has 0 aliphatic rings. The smallest absolute Gasteiger partial charge is 0.235 e. The van der Waals surface area contributed by atoms with Gasteiger partial charge in [-0.3, -0.25) is 0 Å². The number of hydrogen-bond acceptors (Lipinski definition) is 1. The maximum atomic E-state index is 10.6. The van der Waals surface area contributed by atoms with E-state index in [-0.39, 0.29) is 0 Å². The summed E-state index contributed by atoms with van der Waals surface area (Å²) in [5.74, 6) is 0.430.